The Balaban J connectivity index is 1.93. The molecule has 1 aliphatic rings. The van der Waals surface area contributed by atoms with Gasteiger partial charge in [-0.05, 0) is 51.5 Å². The molecule has 0 saturated heterocycles. The second kappa shape index (κ2) is 7.71. The van der Waals surface area contributed by atoms with E-state index < -0.39 is 0 Å². The molecular weight excluding hydrogens is 272 g/mol. The maximum atomic E-state index is 12.7. The molecule has 0 N–H and O–H groups in total. The van der Waals surface area contributed by atoms with Crippen molar-refractivity contribution in [3.8, 4) is 0 Å². The number of aryl methyl sites for hydroxylation is 2. The van der Waals surface area contributed by atoms with Crippen LogP contribution in [0.25, 0.3) is 0 Å². The molecular formula is C20H28O2. The van der Waals surface area contributed by atoms with E-state index in [-0.39, 0.29) is 17.6 Å². The second-order valence-corrected chi connectivity index (χ2v) is 6.80. The number of hydrogen-bond acceptors (Lipinski definition) is 2. The van der Waals surface area contributed by atoms with Crippen LogP contribution in [0.2, 0.25) is 0 Å². The average molecular weight is 300 g/mol. The van der Waals surface area contributed by atoms with E-state index in [9.17, 15) is 9.59 Å². The molecule has 0 amide bonds. The Bertz CT molecular complexity index is 537. The molecule has 2 rings (SSSR count). The molecule has 1 aromatic rings. The molecule has 2 heteroatoms. The minimum absolute atomic E-state index is 0.108. The standard InChI is InChI=1S/C20H28O2/c1-4-5-6-19(21)16-8-10-17(11-9-16)20(22)18-12-7-14(2)13-15(18)3/h7,12-13,16-17H,4-6,8-11H2,1-3H3. The number of Topliss-reactive ketones (excluding diaryl/α,β-unsaturated/α-hetero) is 2. The highest BCUT2D eigenvalue weighted by atomic mass is 16.1. The molecule has 0 atom stereocenters. The molecule has 0 aromatic heterocycles. The van der Waals surface area contributed by atoms with Gasteiger partial charge in [0, 0.05) is 23.8 Å². The molecule has 2 nitrogen and oxygen atoms in total. The Morgan fingerprint density at radius 1 is 1.05 bits per heavy atom. The lowest BCUT2D eigenvalue weighted by Crippen LogP contribution is -2.26. The number of rotatable bonds is 6. The molecule has 1 fully saturated rings. The zero-order valence-corrected chi connectivity index (χ0v) is 14.2. The number of ketones is 2. The first-order valence-corrected chi connectivity index (χ1v) is 8.67. The van der Waals surface area contributed by atoms with E-state index in [0.29, 0.717) is 5.78 Å². The van der Waals surface area contributed by atoms with E-state index in [2.05, 4.69) is 13.0 Å². The topological polar surface area (TPSA) is 34.1 Å². The summed E-state index contributed by atoms with van der Waals surface area (Å²) < 4.78 is 0. The van der Waals surface area contributed by atoms with Crippen molar-refractivity contribution in [3.63, 3.8) is 0 Å². The third kappa shape index (κ3) is 4.06. The lowest BCUT2D eigenvalue weighted by atomic mass is 9.76. The fraction of sp³-hybridized carbons (Fsp3) is 0.600. The lowest BCUT2D eigenvalue weighted by molar-refractivity contribution is -0.124. The highest BCUT2D eigenvalue weighted by Gasteiger charge is 2.30. The van der Waals surface area contributed by atoms with Gasteiger partial charge in [0.05, 0.1) is 0 Å². The number of unbranched alkanes of at least 4 members (excludes halogenated alkanes) is 1. The molecule has 0 spiro atoms. The lowest BCUT2D eigenvalue weighted by Gasteiger charge is -2.27. The number of carbonyl (C=O) groups excluding carboxylic acids is 2. The van der Waals surface area contributed by atoms with Crippen molar-refractivity contribution >= 4 is 11.6 Å². The van der Waals surface area contributed by atoms with E-state index in [4.69, 9.17) is 0 Å². The molecule has 0 heterocycles. The van der Waals surface area contributed by atoms with E-state index in [1.165, 1.54) is 5.56 Å². The van der Waals surface area contributed by atoms with Gasteiger partial charge in [0.1, 0.15) is 5.78 Å². The van der Waals surface area contributed by atoms with Crippen LogP contribution in [0, 0.1) is 25.7 Å². The van der Waals surface area contributed by atoms with Crippen LogP contribution in [0.5, 0.6) is 0 Å². The summed E-state index contributed by atoms with van der Waals surface area (Å²) in [4.78, 5) is 24.8. The van der Waals surface area contributed by atoms with Crippen LogP contribution in [0.3, 0.4) is 0 Å². The molecule has 22 heavy (non-hydrogen) atoms. The molecule has 120 valence electrons. The van der Waals surface area contributed by atoms with Crippen molar-refractivity contribution in [2.24, 2.45) is 11.8 Å². The third-order valence-electron chi connectivity index (χ3n) is 4.98. The second-order valence-electron chi connectivity index (χ2n) is 6.80. The van der Waals surface area contributed by atoms with Crippen molar-refractivity contribution in [2.45, 2.75) is 65.7 Å². The van der Waals surface area contributed by atoms with Crippen molar-refractivity contribution in [3.05, 3.63) is 34.9 Å². The van der Waals surface area contributed by atoms with Gasteiger partial charge in [0.15, 0.2) is 5.78 Å². The average Bonchev–Trinajstić information content (AvgIpc) is 2.52. The van der Waals surface area contributed by atoms with E-state index in [1.807, 2.05) is 26.0 Å². The van der Waals surface area contributed by atoms with Crippen molar-refractivity contribution in [1.29, 1.82) is 0 Å². The van der Waals surface area contributed by atoms with Crippen molar-refractivity contribution < 1.29 is 9.59 Å². The van der Waals surface area contributed by atoms with E-state index in [0.717, 1.165) is 56.1 Å². The monoisotopic (exact) mass is 300 g/mol. The summed E-state index contributed by atoms with van der Waals surface area (Å²) in [7, 11) is 0. The smallest absolute Gasteiger partial charge is 0.166 e. The maximum absolute atomic E-state index is 12.7. The predicted molar refractivity (Wildman–Crippen MR) is 90.2 cm³/mol. The summed E-state index contributed by atoms with van der Waals surface area (Å²) in [5.74, 6) is 1.00. The fourth-order valence-electron chi connectivity index (χ4n) is 3.54. The van der Waals surface area contributed by atoms with Gasteiger partial charge in [0.25, 0.3) is 0 Å². The highest BCUT2D eigenvalue weighted by Crippen LogP contribution is 2.33. The maximum Gasteiger partial charge on any atom is 0.166 e. The SMILES string of the molecule is CCCCC(=O)C1CCC(C(=O)c2ccc(C)cc2C)CC1. The summed E-state index contributed by atoms with van der Waals surface area (Å²) in [6.07, 6.45) is 6.32. The third-order valence-corrected chi connectivity index (χ3v) is 4.98. The molecule has 0 bridgehead atoms. The molecule has 0 unspecified atom stereocenters. The Labute approximate surface area is 134 Å². The fourth-order valence-corrected chi connectivity index (χ4v) is 3.54. The number of hydrogen-bond donors (Lipinski definition) is 0. The van der Waals surface area contributed by atoms with E-state index >= 15 is 0 Å². The largest absolute Gasteiger partial charge is 0.299 e. The predicted octanol–water partition coefficient (Wildman–Crippen LogP) is 5.05. The highest BCUT2D eigenvalue weighted by molar-refractivity contribution is 5.99. The van der Waals surface area contributed by atoms with Gasteiger partial charge in [-0.15, -0.1) is 0 Å². The zero-order chi connectivity index (χ0) is 16.1. The summed E-state index contributed by atoms with van der Waals surface area (Å²) in [5.41, 5.74) is 3.14. The summed E-state index contributed by atoms with van der Waals surface area (Å²) in [6.45, 7) is 6.18. The Hall–Kier alpha value is -1.44. The summed E-state index contributed by atoms with van der Waals surface area (Å²) >= 11 is 0. The first kappa shape index (κ1) is 16.9. The van der Waals surface area contributed by atoms with Crippen LogP contribution < -0.4 is 0 Å². The molecule has 1 saturated carbocycles. The van der Waals surface area contributed by atoms with E-state index in [1.54, 1.807) is 0 Å². The Morgan fingerprint density at radius 2 is 1.68 bits per heavy atom. The van der Waals surface area contributed by atoms with Gasteiger partial charge >= 0.3 is 0 Å². The van der Waals surface area contributed by atoms with Crippen LogP contribution in [0.4, 0.5) is 0 Å². The molecule has 0 radical (unpaired) electrons. The van der Waals surface area contributed by atoms with Crippen LogP contribution in [0.15, 0.2) is 18.2 Å². The molecule has 0 aliphatic heterocycles. The van der Waals surface area contributed by atoms with Gasteiger partial charge < -0.3 is 0 Å². The Kier molecular flexibility index (Phi) is 5.93. The Morgan fingerprint density at radius 3 is 2.27 bits per heavy atom. The van der Waals surface area contributed by atoms with Gasteiger partial charge in [-0.25, -0.2) is 0 Å². The first-order valence-electron chi connectivity index (χ1n) is 8.67. The van der Waals surface area contributed by atoms with Crippen molar-refractivity contribution in [1.82, 2.24) is 0 Å². The van der Waals surface area contributed by atoms with Crippen LogP contribution in [-0.4, -0.2) is 11.6 Å². The number of carbonyl (C=O) groups is 2. The molecule has 1 aromatic carbocycles. The van der Waals surface area contributed by atoms with Crippen molar-refractivity contribution in [2.75, 3.05) is 0 Å². The zero-order valence-electron chi connectivity index (χ0n) is 14.2. The van der Waals surface area contributed by atoms with Gasteiger partial charge in [-0.2, -0.15) is 0 Å². The number of benzene rings is 1. The minimum Gasteiger partial charge on any atom is -0.299 e. The quantitative estimate of drug-likeness (QED) is 0.689. The van der Waals surface area contributed by atoms with Gasteiger partial charge in [0.2, 0.25) is 0 Å². The minimum atomic E-state index is 0.108. The summed E-state index contributed by atoms with van der Waals surface area (Å²) in [6, 6.07) is 6.05. The van der Waals surface area contributed by atoms with Crippen LogP contribution in [-0.2, 0) is 4.79 Å². The normalized spacial score (nSPS) is 21.6. The van der Waals surface area contributed by atoms with Gasteiger partial charge in [-0.3, -0.25) is 9.59 Å². The first-order chi connectivity index (χ1) is 10.5. The van der Waals surface area contributed by atoms with Crippen LogP contribution in [0.1, 0.15) is 73.4 Å². The van der Waals surface area contributed by atoms with Crippen LogP contribution >= 0.6 is 0 Å². The summed E-state index contributed by atoms with van der Waals surface area (Å²) in [5, 5.41) is 0. The van der Waals surface area contributed by atoms with Gasteiger partial charge in [-0.1, -0.05) is 37.1 Å². The molecule has 1 aliphatic carbocycles.